The molecule has 4 rings (SSSR count). The molecule has 0 saturated heterocycles. The van der Waals surface area contributed by atoms with Gasteiger partial charge in [-0.05, 0) is 47.5 Å². The van der Waals surface area contributed by atoms with Crippen molar-refractivity contribution < 1.29 is 9.52 Å². The van der Waals surface area contributed by atoms with Crippen LogP contribution in [-0.2, 0) is 0 Å². The third-order valence-electron chi connectivity index (χ3n) is 4.41. The molecule has 0 spiro atoms. The van der Waals surface area contributed by atoms with E-state index in [1.807, 2.05) is 38.4 Å². The molecule has 27 heavy (non-hydrogen) atoms. The molecule has 1 N–H and O–H groups in total. The molecular weight excluding hydrogens is 336 g/mol. The van der Waals surface area contributed by atoms with Crippen molar-refractivity contribution in [2.75, 3.05) is 19.0 Å². The zero-order valence-electron chi connectivity index (χ0n) is 15.3. The smallest absolute Gasteiger partial charge is 0.227 e. The maximum Gasteiger partial charge on any atom is 0.227 e. The van der Waals surface area contributed by atoms with Crippen molar-refractivity contribution in [3.63, 3.8) is 0 Å². The highest BCUT2D eigenvalue weighted by Crippen LogP contribution is 2.27. The van der Waals surface area contributed by atoms with Gasteiger partial charge in [-0.2, -0.15) is 0 Å². The Balaban J connectivity index is 1.52. The highest BCUT2D eigenvalue weighted by molar-refractivity contribution is 5.78. The maximum atomic E-state index is 9.55. The van der Waals surface area contributed by atoms with Crippen molar-refractivity contribution in [1.82, 2.24) is 4.98 Å². The number of fused-ring (bicyclic) bond motifs is 1. The van der Waals surface area contributed by atoms with Crippen LogP contribution in [0.5, 0.6) is 5.75 Å². The standard InChI is InChI=1S/C23H20N2O2/c1-25(2)19-11-7-17(8-12-19)4-3-16-5-9-18(10-6-16)23-24-21-15-20(26)13-14-22(21)27-23/h3-15,26H,1-2H3/b4-3+. The number of phenols is 1. The van der Waals surface area contributed by atoms with E-state index >= 15 is 0 Å². The molecule has 4 nitrogen and oxygen atoms in total. The Labute approximate surface area is 158 Å². The van der Waals surface area contributed by atoms with Crippen LogP contribution in [0.25, 0.3) is 34.7 Å². The van der Waals surface area contributed by atoms with Crippen molar-refractivity contribution in [3.8, 4) is 17.2 Å². The Kier molecular flexibility index (Phi) is 4.38. The van der Waals surface area contributed by atoms with Crippen LogP contribution in [-0.4, -0.2) is 24.2 Å². The first kappa shape index (κ1) is 16.9. The van der Waals surface area contributed by atoms with Gasteiger partial charge >= 0.3 is 0 Å². The fraction of sp³-hybridized carbons (Fsp3) is 0.0870. The molecule has 0 saturated carbocycles. The molecule has 1 aromatic heterocycles. The summed E-state index contributed by atoms with van der Waals surface area (Å²) in [6.45, 7) is 0. The quantitative estimate of drug-likeness (QED) is 0.495. The largest absolute Gasteiger partial charge is 0.508 e. The molecule has 0 unspecified atom stereocenters. The van der Waals surface area contributed by atoms with E-state index in [9.17, 15) is 5.11 Å². The molecule has 0 fully saturated rings. The minimum Gasteiger partial charge on any atom is -0.508 e. The molecule has 0 aliphatic carbocycles. The second-order valence-corrected chi connectivity index (χ2v) is 6.61. The number of aromatic hydroxyl groups is 1. The fourth-order valence-corrected chi connectivity index (χ4v) is 2.85. The second kappa shape index (κ2) is 7.00. The zero-order chi connectivity index (χ0) is 18.8. The number of anilines is 1. The van der Waals surface area contributed by atoms with E-state index in [0.717, 1.165) is 16.7 Å². The summed E-state index contributed by atoms with van der Waals surface area (Å²) in [6, 6.07) is 21.4. The SMILES string of the molecule is CN(C)c1ccc(/C=C/c2ccc(-c3nc4cc(O)ccc4o3)cc2)cc1. The van der Waals surface area contributed by atoms with Gasteiger partial charge in [0.1, 0.15) is 11.3 Å². The Morgan fingerprint density at radius 1 is 0.852 bits per heavy atom. The van der Waals surface area contributed by atoms with Crippen LogP contribution in [0, 0.1) is 0 Å². The lowest BCUT2D eigenvalue weighted by Gasteiger charge is -2.11. The van der Waals surface area contributed by atoms with Gasteiger partial charge in [0.05, 0.1) is 0 Å². The first-order valence-electron chi connectivity index (χ1n) is 8.74. The molecule has 0 aliphatic heterocycles. The van der Waals surface area contributed by atoms with Crippen LogP contribution in [0.2, 0.25) is 0 Å². The molecule has 1 heterocycles. The Morgan fingerprint density at radius 3 is 2.11 bits per heavy atom. The van der Waals surface area contributed by atoms with E-state index in [2.05, 4.69) is 46.3 Å². The van der Waals surface area contributed by atoms with Crippen molar-refractivity contribution in [2.24, 2.45) is 0 Å². The first-order valence-corrected chi connectivity index (χ1v) is 8.74. The lowest BCUT2D eigenvalue weighted by molar-refractivity contribution is 0.476. The summed E-state index contributed by atoms with van der Waals surface area (Å²) in [5, 5.41) is 9.55. The van der Waals surface area contributed by atoms with Gasteiger partial charge in [-0.1, -0.05) is 36.4 Å². The van der Waals surface area contributed by atoms with Crippen molar-refractivity contribution in [2.45, 2.75) is 0 Å². The van der Waals surface area contributed by atoms with Gasteiger partial charge in [0.25, 0.3) is 0 Å². The average molecular weight is 356 g/mol. The van der Waals surface area contributed by atoms with Gasteiger partial charge < -0.3 is 14.4 Å². The van der Waals surface area contributed by atoms with Crippen molar-refractivity contribution >= 4 is 28.9 Å². The summed E-state index contributed by atoms with van der Waals surface area (Å²) < 4.78 is 5.76. The molecule has 134 valence electrons. The number of oxazole rings is 1. The van der Waals surface area contributed by atoms with Crippen LogP contribution in [0.4, 0.5) is 5.69 Å². The molecule has 0 bridgehead atoms. The topological polar surface area (TPSA) is 49.5 Å². The molecular formula is C23H20N2O2. The molecule has 3 aromatic carbocycles. The predicted molar refractivity (Wildman–Crippen MR) is 111 cm³/mol. The molecule has 4 aromatic rings. The highest BCUT2D eigenvalue weighted by atomic mass is 16.3. The summed E-state index contributed by atoms with van der Waals surface area (Å²) in [6.07, 6.45) is 4.18. The average Bonchev–Trinajstić information content (AvgIpc) is 3.10. The summed E-state index contributed by atoms with van der Waals surface area (Å²) in [4.78, 5) is 6.52. The van der Waals surface area contributed by atoms with Gasteiger partial charge in [0.2, 0.25) is 5.89 Å². The number of phenolic OH excluding ortho intramolecular Hbond substituents is 1. The number of hydrogen-bond acceptors (Lipinski definition) is 4. The molecule has 0 atom stereocenters. The van der Waals surface area contributed by atoms with Crippen molar-refractivity contribution in [1.29, 1.82) is 0 Å². The van der Waals surface area contributed by atoms with E-state index in [4.69, 9.17) is 4.42 Å². The predicted octanol–water partition coefficient (Wildman–Crippen LogP) is 5.44. The first-order chi connectivity index (χ1) is 13.1. The summed E-state index contributed by atoms with van der Waals surface area (Å²) in [5.74, 6) is 0.729. The van der Waals surface area contributed by atoms with Gasteiger partial charge in [0.15, 0.2) is 5.58 Å². The Bertz CT molecular complexity index is 1090. The fourth-order valence-electron chi connectivity index (χ4n) is 2.85. The molecule has 0 amide bonds. The Morgan fingerprint density at radius 2 is 1.48 bits per heavy atom. The van der Waals surface area contributed by atoms with Crippen LogP contribution >= 0.6 is 0 Å². The normalized spacial score (nSPS) is 11.3. The summed E-state index contributed by atoms with van der Waals surface area (Å²) in [7, 11) is 4.07. The molecule has 4 heteroatoms. The van der Waals surface area contributed by atoms with E-state index in [1.54, 1.807) is 18.2 Å². The van der Waals surface area contributed by atoms with E-state index in [0.29, 0.717) is 17.0 Å². The minimum atomic E-state index is 0.182. The number of nitrogens with zero attached hydrogens (tertiary/aromatic N) is 2. The van der Waals surface area contributed by atoms with Crippen LogP contribution in [0.1, 0.15) is 11.1 Å². The monoisotopic (exact) mass is 356 g/mol. The van der Waals surface area contributed by atoms with Gasteiger partial charge in [0, 0.05) is 31.4 Å². The number of hydrogen-bond donors (Lipinski definition) is 1. The highest BCUT2D eigenvalue weighted by Gasteiger charge is 2.08. The number of aromatic nitrogens is 1. The Hall–Kier alpha value is -3.53. The summed E-state index contributed by atoms with van der Waals surface area (Å²) in [5.41, 5.74) is 5.65. The van der Waals surface area contributed by atoms with Crippen LogP contribution in [0.15, 0.2) is 71.1 Å². The van der Waals surface area contributed by atoms with E-state index in [1.165, 1.54) is 5.69 Å². The number of rotatable bonds is 4. The van der Waals surface area contributed by atoms with E-state index in [-0.39, 0.29) is 5.75 Å². The van der Waals surface area contributed by atoms with Gasteiger partial charge in [-0.3, -0.25) is 0 Å². The van der Waals surface area contributed by atoms with Crippen LogP contribution in [0.3, 0.4) is 0 Å². The van der Waals surface area contributed by atoms with Gasteiger partial charge in [-0.25, -0.2) is 4.98 Å². The third-order valence-corrected chi connectivity index (χ3v) is 4.41. The maximum absolute atomic E-state index is 9.55. The lowest BCUT2D eigenvalue weighted by atomic mass is 10.1. The molecule has 0 radical (unpaired) electrons. The zero-order valence-corrected chi connectivity index (χ0v) is 15.3. The van der Waals surface area contributed by atoms with Crippen LogP contribution < -0.4 is 4.90 Å². The van der Waals surface area contributed by atoms with E-state index < -0.39 is 0 Å². The number of benzene rings is 3. The second-order valence-electron chi connectivity index (χ2n) is 6.61. The summed E-state index contributed by atoms with van der Waals surface area (Å²) >= 11 is 0. The third kappa shape index (κ3) is 3.70. The van der Waals surface area contributed by atoms with Gasteiger partial charge in [-0.15, -0.1) is 0 Å². The minimum absolute atomic E-state index is 0.182. The molecule has 0 aliphatic rings. The van der Waals surface area contributed by atoms with Crippen molar-refractivity contribution in [3.05, 3.63) is 77.9 Å². The lowest BCUT2D eigenvalue weighted by Crippen LogP contribution is -2.07.